The van der Waals surface area contributed by atoms with Crippen LogP contribution in [0.4, 0.5) is 0 Å². The molecule has 92 valence electrons. The number of thiophene rings is 1. The van der Waals surface area contributed by atoms with Crippen molar-refractivity contribution in [2.24, 2.45) is 12.8 Å². The van der Waals surface area contributed by atoms with Crippen molar-refractivity contribution < 1.29 is 0 Å². The number of aryl methyl sites for hydroxylation is 1. The molecule has 0 aromatic carbocycles. The van der Waals surface area contributed by atoms with Gasteiger partial charge in [0.25, 0.3) is 0 Å². The standard InChI is InChI=1S/C12H18N4S/c1-15(7-10-3-4-17-9-10)12(5-13)11-6-14-16(2)8-11/h3-4,6,8-9,12H,5,7,13H2,1-2H3. The largest absolute Gasteiger partial charge is 0.329 e. The van der Waals surface area contributed by atoms with Crippen molar-refractivity contribution in [3.8, 4) is 0 Å². The van der Waals surface area contributed by atoms with E-state index in [9.17, 15) is 0 Å². The Hall–Kier alpha value is -1.17. The van der Waals surface area contributed by atoms with Crippen LogP contribution in [0.25, 0.3) is 0 Å². The van der Waals surface area contributed by atoms with Gasteiger partial charge in [-0.1, -0.05) is 0 Å². The highest BCUT2D eigenvalue weighted by Crippen LogP contribution is 2.20. The smallest absolute Gasteiger partial charge is 0.0538 e. The third-order valence-electron chi connectivity index (χ3n) is 2.88. The summed E-state index contributed by atoms with van der Waals surface area (Å²) in [6, 6.07) is 2.38. The molecule has 0 saturated heterocycles. The SMILES string of the molecule is CN(Cc1ccsc1)C(CN)c1cnn(C)c1. The van der Waals surface area contributed by atoms with Gasteiger partial charge >= 0.3 is 0 Å². The molecule has 1 unspecified atom stereocenters. The van der Waals surface area contributed by atoms with Crippen LogP contribution in [0, 0.1) is 0 Å². The summed E-state index contributed by atoms with van der Waals surface area (Å²) in [6.07, 6.45) is 3.92. The van der Waals surface area contributed by atoms with Crippen LogP contribution in [-0.2, 0) is 13.6 Å². The minimum absolute atomic E-state index is 0.226. The van der Waals surface area contributed by atoms with Crippen LogP contribution >= 0.6 is 11.3 Å². The molecule has 2 rings (SSSR count). The summed E-state index contributed by atoms with van der Waals surface area (Å²) in [4.78, 5) is 2.26. The van der Waals surface area contributed by atoms with Gasteiger partial charge in [-0.25, -0.2) is 0 Å². The summed E-state index contributed by atoms with van der Waals surface area (Å²) in [5.41, 5.74) is 8.37. The number of rotatable bonds is 5. The zero-order chi connectivity index (χ0) is 12.3. The van der Waals surface area contributed by atoms with E-state index in [1.54, 1.807) is 11.3 Å². The first-order chi connectivity index (χ1) is 8.20. The van der Waals surface area contributed by atoms with Crippen molar-refractivity contribution in [3.63, 3.8) is 0 Å². The van der Waals surface area contributed by atoms with Gasteiger partial charge in [0.1, 0.15) is 0 Å². The van der Waals surface area contributed by atoms with Gasteiger partial charge in [-0.15, -0.1) is 0 Å². The second-order valence-electron chi connectivity index (χ2n) is 4.25. The molecule has 0 bridgehead atoms. The van der Waals surface area contributed by atoms with Crippen LogP contribution in [0.5, 0.6) is 0 Å². The van der Waals surface area contributed by atoms with Crippen LogP contribution in [0.3, 0.4) is 0 Å². The Bertz CT molecular complexity index is 449. The first-order valence-corrected chi connectivity index (χ1v) is 6.55. The molecule has 0 spiro atoms. The van der Waals surface area contributed by atoms with Crippen molar-refractivity contribution >= 4 is 11.3 Å². The fourth-order valence-electron chi connectivity index (χ4n) is 1.96. The maximum atomic E-state index is 5.87. The Morgan fingerprint density at radius 1 is 1.59 bits per heavy atom. The zero-order valence-electron chi connectivity index (χ0n) is 10.2. The molecule has 0 aliphatic heterocycles. The van der Waals surface area contributed by atoms with E-state index in [1.165, 1.54) is 11.1 Å². The summed E-state index contributed by atoms with van der Waals surface area (Å²) in [5, 5.41) is 8.48. The van der Waals surface area contributed by atoms with Crippen LogP contribution in [0.2, 0.25) is 0 Å². The average molecular weight is 250 g/mol. The van der Waals surface area contributed by atoms with Crippen LogP contribution < -0.4 is 5.73 Å². The summed E-state index contributed by atoms with van der Waals surface area (Å²) in [6.45, 7) is 1.52. The van der Waals surface area contributed by atoms with E-state index in [4.69, 9.17) is 5.73 Å². The maximum Gasteiger partial charge on any atom is 0.0538 e. The third-order valence-corrected chi connectivity index (χ3v) is 3.61. The van der Waals surface area contributed by atoms with Crippen molar-refractivity contribution in [1.82, 2.24) is 14.7 Å². The lowest BCUT2D eigenvalue weighted by Gasteiger charge is -2.25. The van der Waals surface area contributed by atoms with Crippen molar-refractivity contribution in [2.45, 2.75) is 12.6 Å². The molecule has 2 aromatic heterocycles. The molecule has 0 radical (unpaired) electrons. The highest BCUT2D eigenvalue weighted by atomic mass is 32.1. The van der Waals surface area contributed by atoms with Crippen LogP contribution in [0.15, 0.2) is 29.2 Å². The number of likely N-dealkylation sites (N-methyl/N-ethyl adjacent to an activating group) is 1. The van der Waals surface area contributed by atoms with E-state index in [0.717, 1.165) is 6.54 Å². The highest BCUT2D eigenvalue weighted by Gasteiger charge is 2.17. The Morgan fingerprint density at radius 2 is 2.41 bits per heavy atom. The van der Waals surface area contributed by atoms with Gasteiger partial charge in [-0.2, -0.15) is 16.4 Å². The predicted molar refractivity (Wildman–Crippen MR) is 70.8 cm³/mol. The molecule has 2 N–H and O–H groups in total. The minimum atomic E-state index is 0.226. The Kier molecular flexibility index (Phi) is 3.93. The van der Waals surface area contributed by atoms with Crippen LogP contribution in [0.1, 0.15) is 17.2 Å². The molecule has 0 fully saturated rings. The summed E-state index contributed by atoms with van der Waals surface area (Å²) < 4.78 is 1.82. The van der Waals surface area contributed by atoms with E-state index in [1.807, 2.05) is 24.1 Å². The quantitative estimate of drug-likeness (QED) is 0.877. The molecule has 4 nitrogen and oxygen atoms in total. The van der Waals surface area contributed by atoms with Gasteiger partial charge in [0, 0.05) is 31.9 Å². The number of aromatic nitrogens is 2. The molecule has 2 heterocycles. The molecule has 0 saturated carbocycles. The van der Waals surface area contributed by atoms with Crippen molar-refractivity contribution in [3.05, 3.63) is 40.3 Å². The highest BCUT2D eigenvalue weighted by molar-refractivity contribution is 7.07. The van der Waals surface area contributed by atoms with Gasteiger partial charge < -0.3 is 5.73 Å². The zero-order valence-corrected chi connectivity index (χ0v) is 11.0. The molecular formula is C12H18N4S. The Balaban J connectivity index is 2.07. The average Bonchev–Trinajstić information content (AvgIpc) is 2.91. The lowest BCUT2D eigenvalue weighted by Crippen LogP contribution is -2.29. The second kappa shape index (κ2) is 5.44. The number of nitrogens with two attached hydrogens (primary N) is 1. The van der Waals surface area contributed by atoms with Gasteiger partial charge in [0.2, 0.25) is 0 Å². The monoisotopic (exact) mass is 250 g/mol. The number of nitrogens with zero attached hydrogens (tertiary/aromatic N) is 3. The summed E-state index contributed by atoms with van der Waals surface area (Å²) in [7, 11) is 4.03. The normalized spacial score (nSPS) is 13.2. The van der Waals surface area contributed by atoms with Gasteiger partial charge in [-0.05, 0) is 29.4 Å². The fourth-order valence-corrected chi connectivity index (χ4v) is 2.62. The van der Waals surface area contributed by atoms with Crippen molar-refractivity contribution in [1.29, 1.82) is 0 Å². The minimum Gasteiger partial charge on any atom is -0.329 e. The Morgan fingerprint density at radius 3 is 2.94 bits per heavy atom. The molecule has 0 aliphatic carbocycles. The van der Waals surface area contributed by atoms with Gasteiger partial charge in [0.15, 0.2) is 0 Å². The lowest BCUT2D eigenvalue weighted by molar-refractivity contribution is 0.242. The van der Waals surface area contributed by atoms with Crippen molar-refractivity contribution in [2.75, 3.05) is 13.6 Å². The second-order valence-corrected chi connectivity index (χ2v) is 5.03. The molecule has 1 atom stereocenters. The maximum absolute atomic E-state index is 5.87. The molecule has 5 heteroatoms. The lowest BCUT2D eigenvalue weighted by atomic mass is 10.1. The Labute approximate surface area is 106 Å². The van der Waals surface area contributed by atoms with E-state index >= 15 is 0 Å². The van der Waals surface area contributed by atoms with Gasteiger partial charge in [-0.3, -0.25) is 9.58 Å². The van der Waals surface area contributed by atoms with E-state index < -0.39 is 0 Å². The summed E-state index contributed by atoms with van der Waals surface area (Å²) >= 11 is 1.73. The fraction of sp³-hybridized carbons (Fsp3) is 0.417. The van der Waals surface area contributed by atoms with Gasteiger partial charge in [0.05, 0.1) is 12.2 Å². The first-order valence-electron chi connectivity index (χ1n) is 5.60. The molecule has 0 aliphatic rings. The third kappa shape index (κ3) is 2.94. The molecule has 2 aromatic rings. The molecule has 0 amide bonds. The number of hydrogen-bond donors (Lipinski definition) is 1. The number of hydrogen-bond acceptors (Lipinski definition) is 4. The summed E-state index contributed by atoms with van der Waals surface area (Å²) in [5.74, 6) is 0. The first kappa shape index (κ1) is 12.3. The van der Waals surface area contributed by atoms with E-state index in [-0.39, 0.29) is 6.04 Å². The van der Waals surface area contributed by atoms with Crippen LogP contribution in [-0.4, -0.2) is 28.3 Å². The van der Waals surface area contributed by atoms with E-state index in [0.29, 0.717) is 6.54 Å². The van der Waals surface area contributed by atoms with E-state index in [2.05, 4.69) is 33.9 Å². The predicted octanol–water partition coefficient (Wildman–Crippen LogP) is 1.61. The molecular weight excluding hydrogens is 232 g/mol. The molecule has 17 heavy (non-hydrogen) atoms. The topological polar surface area (TPSA) is 47.1 Å².